The van der Waals surface area contributed by atoms with E-state index in [0.29, 0.717) is 5.92 Å². The second kappa shape index (κ2) is 10.9. The van der Waals surface area contributed by atoms with Gasteiger partial charge in [0.05, 0.1) is 0 Å². The van der Waals surface area contributed by atoms with E-state index in [9.17, 15) is 0 Å². The summed E-state index contributed by atoms with van der Waals surface area (Å²) in [6.45, 7) is 14.2. The minimum absolute atomic E-state index is 0.0936. The highest BCUT2D eigenvalue weighted by atomic mass is 14.4. The van der Waals surface area contributed by atoms with E-state index in [1.165, 1.54) is 115 Å². The van der Waals surface area contributed by atoms with Crippen molar-refractivity contribution >= 4 is 43.1 Å². The third kappa shape index (κ3) is 4.32. The van der Waals surface area contributed by atoms with Gasteiger partial charge < -0.3 is 0 Å². The van der Waals surface area contributed by atoms with Crippen LogP contribution in [0.1, 0.15) is 69.4 Å². The van der Waals surface area contributed by atoms with Crippen LogP contribution < -0.4 is 0 Å². The summed E-state index contributed by atoms with van der Waals surface area (Å²) in [7, 11) is 0. The Bertz CT molecular complexity index is 3010. The van der Waals surface area contributed by atoms with Crippen molar-refractivity contribution in [1.82, 2.24) is 0 Å². The molecule has 11 rings (SSSR count). The van der Waals surface area contributed by atoms with Crippen LogP contribution in [0.3, 0.4) is 0 Å². The Labute approximate surface area is 318 Å². The summed E-state index contributed by atoms with van der Waals surface area (Å²) in [5.41, 5.74) is 17.5. The molecule has 0 fully saturated rings. The third-order valence-electron chi connectivity index (χ3n) is 13.2. The van der Waals surface area contributed by atoms with Gasteiger partial charge in [-0.3, -0.25) is 0 Å². The molecule has 0 heteroatoms. The monoisotopic (exact) mass is 692 g/mol. The van der Waals surface area contributed by atoms with Crippen molar-refractivity contribution in [2.45, 2.75) is 58.8 Å². The van der Waals surface area contributed by atoms with Gasteiger partial charge in [-0.15, -0.1) is 0 Å². The minimum atomic E-state index is -0.130. The van der Waals surface area contributed by atoms with Crippen molar-refractivity contribution in [3.8, 4) is 44.5 Å². The average Bonchev–Trinajstić information content (AvgIpc) is 3.40. The molecule has 0 atom stereocenters. The molecule has 0 nitrogen and oxygen atoms in total. The van der Waals surface area contributed by atoms with Crippen molar-refractivity contribution in [3.05, 3.63) is 167 Å². The molecule has 0 unspecified atom stereocenters. The van der Waals surface area contributed by atoms with Crippen LogP contribution in [0.15, 0.2) is 140 Å². The Morgan fingerprint density at radius 2 is 0.889 bits per heavy atom. The molecular weight excluding hydrogens is 649 g/mol. The van der Waals surface area contributed by atoms with Gasteiger partial charge in [-0.1, -0.05) is 163 Å². The van der Waals surface area contributed by atoms with Crippen LogP contribution in [0, 0.1) is 5.92 Å². The van der Waals surface area contributed by atoms with E-state index in [4.69, 9.17) is 0 Å². The van der Waals surface area contributed by atoms with E-state index in [1.807, 2.05) is 0 Å². The summed E-state index contributed by atoms with van der Waals surface area (Å²) < 4.78 is 0. The van der Waals surface area contributed by atoms with Gasteiger partial charge in [0.25, 0.3) is 0 Å². The van der Waals surface area contributed by atoms with Gasteiger partial charge in [0.2, 0.25) is 0 Å². The Kier molecular flexibility index (Phi) is 6.43. The highest BCUT2D eigenvalue weighted by molar-refractivity contribution is 6.25. The lowest BCUT2D eigenvalue weighted by Gasteiger charge is -2.35. The molecule has 2 aliphatic rings. The maximum absolute atomic E-state index is 2.49. The van der Waals surface area contributed by atoms with Gasteiger partial charge in [0.15, 0.2) is 0 Å². The summed E-state index contributed by atoms with van der Waals surface area (Å²) in [5, 5.41) is 10.9. The lowest BCUT2D eigenvalue weighted by molar-refractivity contribution is 0.645. The molecule has 2 aliphatic carbocycles. The predicted molar refractivity (Wildman–Crippen MR) is 232 cm³/mol. The number of benzene rings is 9. The first-order chi connectivity index (χ1) is 26.1. The van der Waals surface area contributed by atoms with E-state index >= 15 is 0 Å². The zero-order valence-electron chi connectivity index (χ0n) is 32.1. The van der Waals surface area contributed by atoms with E-state index in [0.717, 1.165) is 6.42 Å². The molecule has 0 aliphatic heterocycles. The fourth-order valence-electron chi connectivity index (χ4n) is 10.5. The number of hydrogen-bond acceptors (Lipinski definition) is 0. The smallest absolute Gasteiger partial charge is 0.0159 e. The minimum Gasteiger partial charge on any atom is -0.0625 e. The fourth-order valence-corrected chi connectivity index (χ4v) is 10.5. The molecule has 0 N–H and O–H groups in total. The van der Waals surface area contributed by atoms with Gasteiger partial charge >= 0.3 is 0 Å². The second-order valence-electron chi connectivity index (χ2n) is 17.6. The van der Waals surface area contributed by atoms with Crippen LogP contribution in [-0.2, 0) is 17.3 Å². The topological polar surface area (TPSA) is 0 Å². The van der Waals surface area contributed by atoms with Crippen molar-refractivity contribution in [3.63, 3.8) is 0 Å². The molecule has 9 aromatic rings. The van der Waals surface area contributed by atoms with Gasteiger partial charge in [-0.25, -0.2) is 0 Å². The van der Waals surface area contributed by atoms with Crippen LogP contribution >= 0.6 is 0 Å². The van der Waals surface area contributed by atoms with Crippen LogP contribution in [0.5, 0.6) is 0 Å². The predicted octanol–water partition coefficient (Wildman–Crippen LogP) is 14.9. The first-order valence-electron chi connectivity index (χ1n) is 19.8. The summed E-state index contributed by atoms with van der Waals surface area (Å²) in [5.74, 6) is 0.637. The maximum atomic E-state index is 2.49. The second-order valence-corrected chi connectivity index (χ2v) is 17.6. The SMILES string of the molecule is CC(C)Cc1cc2ccc3ccc(-c4ccc5c(c4)C(C)(C)c4cc(-c6ccc7c(c6)C(C)(C)c6cccc8cccc-7c68)ccc4-5)c4ccc(c1)c2c34. The summed E-state index contributed by atoms with van der Waals surface area (Å²) in [6.07, 6.45) is 1.11. The molecule has 0 saturated heterocycles. The fraction of sp³-hybridized carbons (Fsp3) is 0.185. The maximum Gasteiger partial charge on any atom is 0.0159 e. The molecule has 0 aromatic heterocycles. The van der Waals surface area contributed by atoms with E-state index < -0.39 is 0 Å². The van der Waals surface area contributed by atoms with Crippen molar-refractivity contribution < 1.29 is 0 Å². The van der Waals surface area contributed by atoms with E-state index in [1.54, 1.807) is 0 Å². The quantitative estimate of drug-likeness (QED) is 0.161. The summed E-state index contributed by atoms with van der Waals surface area (Å²) in [4.78, 5) is 0. The van der Waals surface area contributed by atoms with Gasteiger partial charge in [0, 0.05) is 10.8 Å². The van der Waals surface area contributed by atoms with Crippen LogP contribution in [0.25, 0.3) is 87.6 Å². The average molecular weight is 693 g/mol. The first-order valence-corrected chi connectivity index (χ1v) is 19.8. The number of rotatable bonds is 4. The molecular formula is C54H44. The highest BCUT2D eigenvalue weighted by Gasteiger charge is 2.37. The van der Waals surface area contributed by atoms with Crippen molar-refractivity contribution in [2.24, 2.45) is 5.92 Å². The third-order valence-corrected chi connectivity index (χ3v) is 13.2. The zero-order chi connectivity index (χ0) is 36.7. The van der Waals surface area contributed by atoms with Crippen molar-refractivity contribution in [1.29, 1.82) is 0 Å². The molecule has 0 heterocycles. The Balaban J connectivity index is 1.000. The molecule has 0 saturated carbocycles. The molecule has 0 amide bonds. The molecule has 260 valence electrons. The van der Waals surface area contributed by atoms with Crippen LogP contribution in [-0.4, -0.2) is 0 Å². The molecule has 0 spiro atoms. The molecule has 0 bridgehead atoms. The summed E-state index contributed by atoms with van der Waals surface area (Å²) in [6, 6.07) is 54.0. The van der Waals surface area contributed by atoms with E-state index in [2.05, 4.69) is 181 Å². The Morgan fingerprint density at radius 3 is 1.56 bits per heavy atom. The van der Waals surface area contributed by atoms with Gasteiger partial charge in [0.1, 0.15) is 0 Å². The molecule has 9 aromatic carbocycles. The molecule has 0 radical (unpaired) electrons. The van der Waals surface area contributed by atoms with Crippen molar-refractivity contribution in [2.75, 3.05) is 0 Å². The van der Waals surface area contributed by atoms with Gasteiger partial charge in [-0.2, -0.15) is 0 Å². The lowest BCUT2D eigenvalue weighted by Crippen LogP contribution is -2.23. The normalized spacial score (nSPS) is 15.0. The van der Waals surface area contributed by atoms with Crippen LogP contribution in [0.2, 0.25) is 0 Å². The standard InChI is InChI=1S/C54H44/c1-31(2)25-32-26-38-14-13-34-15-20-40(45-24-19-39(27-32)50(38)52(34)45)37-18-23-42-41-21-16-35(28-47(41)54(5,6)49(42)30-37)36-17-22-43-44-11-7-9-33-10-8-12-46(51(33)44)53(3,4)48(43)29-36/h7-24,26-31H,25H2,1-6H3. The highest BCUT2D eigenvalue weighted by Crippen LogP contribution is 2.53. The Hall–Kier alpha value is -5.72. The largest absolute Gasteiger partial charge is 0.0625 e. The lowest BCUT2D eigenvalue weighted by atomic mass is 9.68. The zero-order valence-corrected chi connectivity index (χ0v) is 32.1. The first kappa shape index (κ1) is 31.8. The van der Waals surface area contributed by atoms with Gasteiger partial charge in [-0.05, 0) is 146 Å². The summed E-state index contributed by atoms with van der Waals surface area (Å²) >= 11 is 0. The molecule has 54 heavy (non-hydrogen) atoms. The number of fused-ring (bicyclic) bond motifs is 5. The van der Waals surface area contributed by atoms with Crippen LogP contribution in [0.4, 0.5) is 0 Å². The van der Waals surface area contributed by atoms with E-state index in [-0.39, 0.29) is 10.8 Å². The number of hydrogen-bond donors (Lipinski definition) is 0. The Morgan fingerprint density at radius 1 is 0.389 bits per heavy atom.